The summed E-state index contributed by atoms with van der Waals surface area (Å²) < 4.78 is 41.3. The van der Waals surface area contributed by atoms with Gasteiger partial charge in [-0.25, -0.2) is 9.97 Å². The van der Waals surface area contributed by atoms with Crippen molar-refractivity contribution in [3.63, 3.8) is 0 Å². The molecule has 142 valence electrons. The van der Waals surface area contributed by atoms with E-state index in [9.17, 15) is 13.2 Å². The van der Waals surface area contributed by atoms with Crippen LogP contribution in [0, 0.1) is 0 Å². The first-order valence-electron chi connectivity index (χ1n) is 8.49. The topological polar surface area (TPSA) is 29.0 Å². The van der Waals surface area contributed by atoms with Crippen molar-refractivity contribution in [3.05, 3.63) is 65.3 Å². The Kier molecular flexibility index (Phi) is 4.38. The summed E-state index contributed by atoms with van der Waals surface area (Å²) >= 11 is 5.90. The molecule has 0 N–H and O–H groups in total. The predicted octanol–water partition coefficient (Wildman–Crippen LogP) is 6.19. The quantitative estimate of drug-likeness (QED) is 0.375. The van der Waals surface area contributed by atoms with Crippen molar-refractivity contribution in [2.45, 2.75) is 6.18 Å². The number of hydrogen-bond donors (Lipinski definition) is 0. The van der Waals surface area contributed by atoms with Gasteiger partial charge in [-0.15, -0.1) is 0 Å². The van der Waals surface area contributed by atoms with Gasteiger partial charge in [0.25, 0.3) is 0 Å². The monoisotopic (exact) mass is 401 g/mol. The first-order valence-corrected chi connectivity index (χ1v) is 8.87. The number of halogens is 4. The first-order chi connectivity index (χ1) is 13.3. The van der Waals surface area contributed by atoms with Crippen molar-refractivity contribution < 1.29 is 13.2 Å². The van der Waals surface area contributed by atoms with Crippen LogP contribution < -0.4 is 4.90 Å². The predicted molar refractivity (Wildman–Crippen MR) is 107 cm³/mol. The molecule has 0 aliphatic heterocycles. The first kappa shape index (κ1) is 18.5. The van der Waals surface area contributed by atoms with Crippen molar-refractivity contribution >= 4 is 39.0 Å². The van der Waals surface area contributed by atoms with Gasteiger partial charge in [-0.05, 0) is 36.4 Å². The molecule has 0 radical (unpaired) electrons. The molecule has 3 nitrogen and oxygen atoms in total. The molecule has 7 heteroatoms. The van der Waals surface area contributed by atoms with Crippen LogP contribution in [0.4, 0.5) is 18.9 Å². The molecule has 4 aromatic rings. The molecule has 1 aromatic heterocycles. The van der Waals surface area contributed by atoms with Crippen LogP contribution in [0.5, 0.6) is 0 Å². The summed E-state index contributed by atoms with van der Waals surface area (Å²) in [6.45, 7) is 0. The molecule has 0 atom stereocenters. The average Bonchev–Trinajstić information content (AvgIpc) is 2.66. The summed E-state index contributed by atoms with van der Waals surface area (Å²) in [5, 5.41) is 1.94. The lowest BCUT2D eigenvalue weighted by molar-refractivity contribution is -0.139. The Bertz CT molecular complexity index is 1190. The largest absolute Gasteiger partial charge is 0.434 e. The van der Waals surface area contributed by atoms with Gasteiger partial charge in [0.1, 0.15) is 0 Å². The Morgan fingerprint density at radius 2 is 1.50 bits per heavy atom. The fraction of sp³-hybridized carbons (Fsp3) is 0.143. The zero-order chi connectivity index (χ0) is 20.1. The van der Waals surface area contributed by atoms with Crippen LogP contribution >= 0.6 is 11.6 Å². The molecule has 28 heavy (non-hydrogen) atoms. The molecule has 1 heterocycles. The minimum Gasteiger partial charge on any atom is -0.377 e. The smallest absolute Gasteiger partial charge is 0.377 e. The number of benzene rings is 3. The maximum absolute atomic E-state index is 13.8. The molecule has 0 amide bonds. The van der Waals surface area contributed by atoms with Crippen LogP contribution in [0.2, 0.25) is 5.02 Å². The minimum absolute atomic E-state index is 0.0132. The van der Waals surface area contributed by atoms with Gasteiger partial charge in [0.15, 0.2) is 11.5 Å². The second-order valence-electron chi connectivity index (χ2n) is 6.63. The van der Waals surface area contributed by atoms with Crippen molar-refractivity contribution in [1.29, 1.82) is 0 Å². The van der Waals surface area contributed by atoms with Crippen molar-refractivity contribution in [2.75, 3.05) is 19.0 Å². The van der Waals surface area contributed by atoms with E-state index in [4.69, 9.17) is 11.6 Å². The van der Waals surface area contributed by atoms with E-state index in [2.05, 4.69) is 9.97 Å². The number of fused-ring (bicyclic) bond motifs is 3. The van der Waals surface area contributed by atoms with E-state index < -0.39 is 11.9 Å². The molecular weight excluding hydrogens is 387 g/mol. The van der Waals surface area contributed by atoms with Crippen molar-refractivity contribution in [3.8, 4) is 11.4 Å². The Balaban J connectivity index is 2.11. The van der Waals surface area contributed by atoms with Gasteiger partial charge in [0.05, 0.1) is 5.52 Å². The third kappa shape index (κ3) is 3.14. The standard InChI is InChI=1S/C21H15ClF3N3/c1-28(2)17-5-3-4-15-14(17)10-11-16-18(15)26-20(27-19(16)21(23,24)25)12-6-8-13(22)9-7-12/h3-11H,1-2H3. The van der Waals surface area contributed by atoms with E-state index in [1.165, 1.54) is 6.07 Å². The number of hydrogen-bond acceptors (Lipinski definition) is 3. The van der Waals surface area contributed by atoms with E-state index in [1.54, 1.807) is 36.4 Å². The van der Waals surface area contributed by atoms with Crippen LogP contribution in [-0.4, -0.2) is 24.1 Å². The lowest BCUT2D eigenvalue weighted by Crippen LogP contribution is -2.12. The van der Waals surface area contributed by atoms with Crippen LogP contribution in [0.3, 0.4) is 0 Å². The highest BCUT2D eigenvalue weighted by molar-refractivity contribution is 6.30. The van der Waals surface area contributed by atoms with Crippen LogP contribution in [0.15, 0.2) is 54.6 Å². The van der Waals surface area contributed by atoms with Crippen LogP contribution in [-0.2, 0) is 6.18 Å². The van der Waals surface area contributed by atoms with Crippen molar-refractivity contribution in [1.82, 2.24) is 9.97 Å². The van der Waals surface area contributed by atoms with Crippen LogP contribution in [0.1, 0.15) is 5.69 Å². The zero-order valence-electron chi connectivity index (χ0n) is 15.0. The molecule has 0 unspecified atom stereocenters. The molecule has 0 fully saturated rings. The molecule has 0 spiro atoms. The maximum atomic E-state index is 13.8. The molecule has 3 aromatic carbocycles. The maximum Gasteiger partial charge on any atom is 0.434 e. The molecule has 0 aliphatic carbocycles. The summed E-state index contributed by atoms with van der Waals surface area (Å²) in [7, 11) is 3.78. The Morgan fingerprint density at radius 1 is 0.821 bits per heavy atom. The number of rotatable bonds is 2. The van der Waals surface area contributed by atoms with Gasteiger partial charge in [0, 0.05) is 46.5 Å². The molecule has 0 saturated carbocycles. The molecular formula is C21H15ClF3N3. The number of anilines is 1. The van der Waals surface area contributed by atoms with Gasteiger partial charge < -0.3 is 4.90 Å². The third-order valence-corrected chi connectivity index (χ3v) is 4.81. The third-order valence-electron chi connectivity index (χ3n) is 4.55. The normalized spacial score (nSPS) is 11.9. The van der Waals surface area contributed by atoms with Gasteiger partial charge in [-0.1, -0.05) is 29.8 Å². The van der Waals surface area contributed by atoms with Crippen LogP contribution in [0.25, 0.3) is 33.1 Å². The fourth-order valence-electron chi connectivity index (χ4n) is 3.27. The lowest BCUT2D eigenvalue weighted by Gasteiger charge is -2.17. The molecule has 0 saturated heterocycles. The SMILES string of the molecule is CN(C)c1cccc2c1ccc1c(C(F)(F)F)nc(-c3ccc(Cl)cc3)nc12. The molecule has 4 rings (SSSR count). The fourth-order valence-corrected chi connectivity index (χ4v) is 3.39. The summed E-state index contributed by atoms with van der Waals surface area (Å²) in [4.78, 5) is 10.3. The Hall–Kier alpha value is -2.86. The molecule has 0 bridgehead atoms. The van der Waals surface area contributed by atoms with E-state index >= 15 is 0 Å². The van der Waals surface area contributed by atoms with Crippen molar-refractivity contribution in [2.24, 2.45) is 0 Å². The van der Waals surface area contributed by atoms with Gasteiger partial charge in [0.2, 0.25) is 0 Å². The van der Waals surface area contributed by atoms with E-state index in [-0.39, 0.29) is 16.7 Å². The number of nitrogens with zero attached hydrogens (tertiary/aromatic N) is 3. The average molecular weight is 402 g/mol. The summed E-state index contributed by atoms with van der Waals surface area (Å²) in [6, 6.07) is 15.1. The van der Waals surface area contributed by atoms with Gasteiger partial charge >= 0.3 is 6.18 Å². The summed E-state index contributed by atoms with van der Waals surface area (Å²) in [5.41, 5.74) is 0.699. The second kappa shape index (κ2) is 6.63. The van der Waals surface area contributed by atoms with Gasteiger partial charge in [-0.3, -0.25) is 0 Å². The highest BCUT2D eigenvalue weighted by Gasteiger charge is 2.36. The second-order valence-corrected chi connectivity index (χ2v) is 7.07. The Morgan fingerprint density at radius 3 is 2.14 bits per heavy atom. The highest BCUT2D eigenvalue weighted by Crippen LogP contribution is 2.38. The Labute approximate surface area is 164 Å². The number of aromatic nitrogens is 2. The minimum atomic E-state index is -4.60. The molecule has 0 aliphatic rings. The summed E-state index contributed by atoms with van der Waals surface area (Å²) in [5.74, 6) is 0.0132. The lowest BCUT2D eigenvalue weighted by atomic mass is 10.0. The number of alkyl halides is 3. The van der Waals surface area contributed by atoms with E-state index in [0.29, 0.717) is 16.0 Å². The summed E-state index contributed by atoms with van der Waals surface area (Å²) in [6.07, 6.45) is -4.60. The zero-order valence-corrected chi connectivity index (χ0v) is 15.8. The van der Waals surface area contributed by atoms with E-state index in [1.807, 2.05) is 31.1 Å². The highest BCUT2D eigenvalue weighted by atomic mass is 35.5. The van der Waals surface area contributed by atoms with Gasteiger partial charge in [-0.2, -0.15) is 13.2 Å². The van der Waals surface area contributed by atoms with E-state index in [0.717, 1.165) is 11.1 Å².